The number of benzene rings is 1. The number of carboxylic acids is 1. The van der Waals surface area contributed by atoms with Crippen LogP contribution in [0.5, 0.6) is 0 Å². The van der Waals surface area contributed by atoms with Gasteiger partial charge in [-0.05, 0) is 11.6 Å². The third-order valence-electron chi connectivity index (χ3n) is 3.61. The van der Waals surface area contributed by atoms with Crippen LogP contribution < -0.4 is 4.72 Å². The highest BCUT2D eigenvalue weighted by Gasteiger charge is 2.27. The largest absolute Gasteiger partial charge is 0.478 e. The summed E-state index contributed by atoms with van der Waals surface area (Å²) in [5.41, 5.74) is 0.675. The van der Waals surface area contributed by atoms with Crippen molar-refractivity contribution in [3.05, 3.63) is 71.1 Å². The van der Waals surface area contributed by atoms with Gasteiger partial charge in [-0.2, -0.15) is 4.72 Å². The molecule has 25 heavy (non-hydrogen) atoms. The molecule has 0 saturated heterocycles. The summed E-state index contributed by atoms with van der Waals surface area (Å²) < 4.78 is 29.8. The Labute approximate surface area is 148 Å². The van der Waals surface area contributed by atoms with Gasteiger partial charge in [0.2, 0.25) is 0 Å². The lowest BCUT2D eigenvalue weighted by atomic mass is 10.1. The Balaban J connectivity index is 2.00. The molecule has 0 bridgehead atoms. The zero-order valence-corrected chi connectivity index (χ0v) is 14.8. The summed E-state index contributed by atoms with van der Waals surface area (Å²) in [7, 11) is -2.13. The summed E-state index contributed by atoms with van der Waals surface area (Å²) >= 11 is 0.865. The van der Waals surface area contributed by atoms with Crippen LogP contribution >= 0.6 is 11.3 Å². The molecule has 1 aromatic carbocycles. The van der Waals surface area contributed by atoms with Crippen molar-refractivity contribution in [3.8, 4) is 0 Å². The van der Waals surface area contributed by atoms with Crippen molar-refractivity contribution in [3.63, 3.8) is 0 Å². The maximum Gasteiger partial charge on any atom is 0.336 e. The second kappa shape index (κ2) is 6.79. The van der Waals surface area contributed by atoms with Crippen LogP contribution in [0.4, 0.5) is 0 Å². The molecule has 7 nitrogen and oxygen atoms in total. The van der Waals surface area contributed by atoms with E-state index in [9.17, 15) is 13.2 Å². The molecule has 3 aromatic rings. The van der Waals surface area contributed by atoms with E-state index in [1.54, 1.807) is 36.1 Å². The number of imidazole rings is 1. The summed E-state index contributed by atoms with van der Waals surface area (Å²) in [6.45, 7) is 0. The van der Waals surface area contributed by atoms with Crippen LogP contribution in [0.3, 0.4) is 0 Å². The van der Waals surface area contributed by atoms with Crippen molar-refractivity contribution in [2.24, 2.45) is 7.05 Å². The minimum absolute atomic E-state index is 0.0555. The van der Waals surface area contributed by atoms with E-state index < -0.39 is 22.0 Å². The van der Waals surface area contributed by atoms with Gasteiger partial charge in [0.15, 0.2) is 0 Å². The lowest BCUT2D eigenvalue weighted by Gasteiger charge is -2.18. The minimum Gasteiger partial charge on any atom is -0.478 e. The molecule has 9 heteroatoms. The van der Waals surface area contributed by atoms with Crippen molar-refractivity contribution >= 4 is 27.3 Å². The highest BCUT2D eigenvalue weighted by molar-refractivity contribution is 7.91. The number of aromatic nitrogens is 2. The maximum atomic E-state index is 12.7. The van der Waals surface area contributed by atoms with Gasteiger partial charge in [-0.25, -0.2) is 18.2 Å². The molecule has 0 amide bonds. The van der Waals surface area contributed by atoms with Gasteiger partial charge >= 0.3 is 5.97 Å². The van der Waals surface area contributed by atoms with Gasteiger partial charge in [0.25, 0.3) is 10.0 Å². The first-order valence-electron chi connectivity index (χ1n) is 7.25. The van der Waals surface area contributed by atoms with E-state index in [0.717, 1.165) is 23.0 Å². The molecule has 0 fully saturated rings. The Morgan fingerprint density at radius 3 is 2.60 bits per heavy atom. The highest BCUT2D eigenvalue weighted by Crippen LogP contribution is 2.26. The van der Waals surface area contributed by atoms with E-state index in [0.29, 0.717) is 5.82 Å². The standard InChI is InChI=1S/C16H15N3O4S2/c1-19-8-7-17-15(19)14(11-5-3-2-4-6-11)18-25(22,23)13-9-12(10-24-13)16(20)21/h2-10,14,18H,1H3,(H,20,21). The molecule has 1 atom stereocenters. The normalized spacial score (nSPS) is 12.8. The average Bonchev–Trinajstić information content (AvgIpc) is 3.23. The lowest BCUT2D eigenvalue weighted by Crippen LogP contribution is -2.30. The first-order valence-corrected chi connectivity index (χ1v) is 9.61. The molecule has 1 unspecified atom stereocenters. The maximum absolute atomic E-state index is 12.7. The predicted octanol–water partition coefficient (Wildman–Crippen LogP) is 2.25. The number of nitrogens with zero attached hydrogens (tertiary/aromatic N) is 2. The number of rotatable bonds is 6. The van der Waals surface area contributed by atoms with Crippen LogP contribution in [0.15, 0.2) is 58.4 Å². The fourth-order valence-corrected chi connectivity index (χ4v) is 4.71. The second-order valence-electron chi connectivity index (χ2n) is 5.32. The van der Waals surface area contributed by atoms with Gasteiger partial charge in [0.05, 0.1) is 5.56 Å². The van der Waals surface area contributed by atoms with Crippen molar-refractivity contribution in [1.82, 2.24) is 14.3 Å². The third-order valence-corrected chi connectivity index (χ3v) is 6.47. The number of aryl methyl sites for hydroxylation is 1. The first-order chi connectivity index (χ1) is 11.9. The van der Waals surface area contributed by atoms with E-state index >= 15 is 0 Å². The fourth-order valence-electron chi connectivity index (χ4n) is 2.35. The number of thiophene rings is 1. The summed E-state index contributed by atoms with van der Waals surface area (Å²) in [6.07, 6.45) is 3.32. The van der Waals surface area contributed by atoms with Crippen LogP contribution in [-0.4, -0.2) is 29.0 Å². The van der Waals surface area contributed by atoms with Crippen LogP contribution in [0.1, 0.15) is 27.8 Å². The Hall–Kier alpha value is -2.49. The molecule has 0 radical (unpaired) electrons. The molecular formula is C16H15N3O4S2. The fraction of sp³-hybridized carbons (Fsp3) is 0.125. The van der Waals surface area contributed by atoms with Crippen LogP contribution in [0, 0.1) is 0 Å². The molecule has 2 heterocycles. The van der Waals surface area contributed by atoms with E-state index in [1.165, 1.54) is 5.38 Å². The third kappa shape index (κ3) is 3.63. The lowest BCUT2D eigenvalue weighted by molar-refractivity contribution is 0.0697. The number of carbonyl (C=O) groups is 1. The molecule has 2 aromatic heterocycles. The summed E-state index contributed by atoms with van der Waals surface area (Å²) in [6, 6.07) is 9.53. The van der Waals surface area contributed by atoms with Crippen molar-refractivity contribution in [2.45, 2.75) is 10.3 Å². The zero-order chi connectivity index (χ0) is 18.0. The van der Waals surface area contributed by atoms with Gasteiger partial charge in [0.1, 0.15) is 16.1 Å². The predicted molar refractivity (Wildman–Crippen MR) is 93.1 cm³/mol. The summed E-state index contributed by atoms with van der Waals surface area (Å²) in [5.74, 6) is -0.633. The van der Waals surface area contributed by atoms with E-state index in [1.807, 2.05) is 18.2 Å². The Morgan fingerprint density at radius 1 is 1.32 bits per heavy atom. The topological polar surface area (TPSA) is 101 Å². The molecular weight excluding hydrogens is 362 g/mol. The van der Waals surface area contributed by atoms with Crippen molar-refractivity contribution in [2.75, 3.05) is 0 Å². The van der Waals surface area contributed by atoms with Gasteiger partial charge < -0.3 is 9.67 Å². The molecule has 0 saturated carbocycles. The monoisotopic (exact) mass is 377 g/mol. The number of sulfonamides is 1. The smallest absolute Gasteiger partial charge is 0.336 e. The molecule has 0 aliphatic rings. The Kier molecular flexibility index (Phi) is 4.71. The molecule has 0 spiro atoms. The van der Waals surface area contributed by atoms with Crippen LogP contribution in [-0.2, 0) is 17.1 Å². The Morgan fingerprint density at radius 2 is 2.04 bits per heavy atom. The Bertz CT molecular complexity index is 993. The molecule has 130 valence electrons. The van der Waals surface area contributed by atoms with E-state index in [-0.39, 0.29) is 9.77 Å². The van der Waals surface area contributed by atoms with Crippen molar-refractivity contribution < 1.29 is 18.3 Å². The number of hydrogen-bond acceptors (Lipinski definition) is 5. The van der Waals surface area contributed by atoms with Crippen LogP contribution in [0.2, 0.25) is 0 Å². The van der Waals surface area contributed by atoms with E-state index in [2.05, 4.69) is 9.71 Å². The van der Waals surface area contributed by atoms with Gasteiger partial charge in [-0.15, -0.1) is 11.3 Å². The quantitative estimate of drug-likeness (QED) is 0.686. The van der Waals surface area contributed by atoms with E-state index in [4.69, 9.17) is 5.11 Å². The van der Waals surface area contributed by atoms with Gasteiger partial charge in [-0.3, -0.25) is 0 Å². The SMILES string of the molecule is Cn1ccnc1C(NS(=O)(=O)c1cc(C(=O)O)cs1)c1ccccc1. The molecule has 2 N–H and O–H groups in total. The summed E-state index contributed by atoms with van der Waals surface area (Å²) in [4.78, 5) is 15.2. The minimum atomic E-state index is -3.91. The number of carboxylic acid groups (broad SMARTS) is 1. The van der Waals surface area contributed by atoms with Gasteiger partial charge in [0, 0.05) is 24.8 Å². The average molecular weight is 377 g/mol. The number of aromatic carboxylic acids is 1. The second-order valence-corrected chi connectivity index (χ2v) is 8.17. The molecule has 0 aliphatic heterocycles. The van der Waals surface area contributed by atoms with Crippen molar-refractivity contribution in [1.29, 1.82) is 0 Å². The number of nitrogens with one attached hydrogen (secondary N) is 1. The summed E-state index contributed by atoms with van der Waals surface area (Å²) in [5, 5.41) is 10.3. The zero-order valence-electron chi connectivity index (χ0n) is 13.2. The molecule has 3 rings (SSSR count). The molecule has 0 aliphatic carbocycles. The van der Waals surface area contributed by atoms with Gasteiger partial charge in [-0.1, -0.05) is 30.3 Å². The number of hydrogen-bond donors (Lipinski definition) is 2. The van der Waals surface area contributed by atoms with Crippen LogP contribution in [0.25, 0.3) is 0 Å². The first kappa shape index (κ1) is 17.3. The highest BCUT2D eigenvalue weighted by atomic mass is 32.2.